The number of fused-ring (bicyclic) bond motifs is 1. The summed E-state index contributed by atoms with van der Waals surface area (Å²) in [7, 11) is 0. The molecule has 0 radical (unpaired) electrons. The van der Waals surface area contributed by atoms with E-state index in [-0.39, 0.29) is 11.0 Å². The van der Waals surface area contributed by atoms with Gasteiger partial charge in [0.15, 0.2) is 10.7 Å². The zero-order valence-electron chi connectivity index (χ0n) is 18.9. The zero-order chi connectivity index (χ0) is 24.4. The third-order valence-electron chi connectivity index (χ3n) is 5.72. The van der Waals surface area contributed by atoms with Crippen molar-refractivity contribution < 1.29 is 9.21 Å². The van der Waals surface area contributed by atoms with Crippen LogP contribution >= 0.6 is 35.4 Å². The second kappa shape index (κ2) is 10.1. The van der Waals surface area contributed by atoms with Gasteiger partial charge in [0.05, 0.1) is 10.7 Å². The fourth-order valence-corrected chi connectivity index (χ4v) is 3.98. The molecule has 34 heavy (non-hydrogen) atoms. The summed E-state index contributed by atoms with van der Waals surface area (Å²) in [4.78, 5) is 17.2. The first-order valence-corrected chi connectivity index (χ1v) is 12.0. The second-order valence-electron chi connectivity index (χ2n) is 8.12. The van der Waals surface area contributed by atoms with Gasteiger partial charge in [0.1, 0.15) is 5.52 Å². The normalized spacial score (nSPS) is 11.9. The average molecular weight is 512 g/mol. The molecule has 8 heteroatoms. The molecule has 0 aliphatic rings. The van der Waals surface area contributed by atoms with Crippen LogP contribution in [-0.4, -0.2) is 16.0 Å². The van der Waals surface area contributed by atoms with Gasteiger partial charge in [-0.25, -0.2) is 4.98 Å². The van der Waals surface area contributed by atoms with E-state index >= 15 is 0 Å². The lowest BCUT2D eigenvalue weighted by molar-refractivity contribution is 0.0977. The average Bonchev–Trinajstić information content (AvgIpc) is 3.25. The van der Waals surface area contributed by atoms with Gasteiger partial charge in [-0.15, -0.1) is 0 Å². The molecule has 4 aromatic rings. The van der Waals surface area contributed by atoms with E-state index < -0.39 is 0 Å². The summed E-state index contributed by atoms with van der Waals surface area (Å²) < 4.78 is 5.97. The smallest absolute Gasteiger partial charge is 0.257 e. The summed E-state index contributed by atoms with van der Waals surface area (Å²) in [5.41, 5.74) is 5.29. The van der Waals surface area contributed by atoms with Crippen molar-refractivity contribution in [1.29, 1.82) is 0 Å². The molecular weight excluding hydrogens is 489 g/mol. The van der Waals surface area contributed by atoms with Crippen LogP contribution < -0.4 is 10.6 Å². The molecule has 1 atom stereocenters. The van der Waals surface area contributed by atoms with Crippen LogP contribution in [0.2, 0.25) is 10.0 Å². The fourth-order valence-electron chi connectivity index (χ4n) is 3.43. The van der Waals surface area contributed by atoms with Crippen molar-refractivity contribution >= 4 is 63.2 Å². The molecule has 1 unspecified atom stereocenters. The van der Waals surface area contributed by atoms with Gasteiger partial charge in [0.25, 0.3) is 5.91 Å². The van der Waals surface area contributed by atoms with Crippen molar-refractivity contribution in [3.8, 4) is 11.5 Å². The van der Waals surface area contributed by atoms with Crippen LogP contribution in [0.1, 0.15) is 47.7 Å². The molecule has 0 fully saturated rings. The number of benzene rings is 3. The molecule has 1 amide bonds. The number of oxazole rings is 1. The number of hydrogen-bond acceptors (Lipinski definition) is 4. The van der Waals surface area contributed by atoms with Crippen LogP contribution in [-0.2, 0) is 0 Å². The van der Waals surface area contributed by atoms with E-state index in [0.29, 0.717) is 38.7 Å². The first kappa shape index (κ1) is 24.2. The number of carbonyl (C=O) groups excluding carboxylic acids is 1. The third kappa shape index (κ3) is 5.25. The number of halogens is 2. The maximum atomic E-state index is 12.5. The molecule has 0 aliphatic carbocycles. The van der Waals surface area contributed by atoms with Gasteiger partial charge in [-0.05, 0) is 85.1 Å². The minimum Gasteiger partial charge on any atom is -0.436 e. The van der Waals surface area contributed by atoms with E-state index in [0.717, 1.165) is 23.1 Å². The minimum absolute atomic E-state index is 0.108. The number of rotatable bonds is 5. The summed E-state index contributed by atoms with van der Waals surface area (Å²) in [6.45, 7) is 6.22. The van der Waals surface area contributed by atoms with Gasteiger partial charge in [-0.2, -0.15) is 0 Å². The Labute approximate surface area is 213 Å². The number of nitrogens with zero attached hydrogens (tertiary/aromatic N) is 1. The third-order valence-corrected chi connectivity index (χ3v) is 6.66. The SMILES string of the molecule is CCC(C)c1ccc2oc(-c3ccc(Cl)c(NC(=S)NC(=O)c4ccc(C)c(Cl)c4)c3)nc2c1. The van der Waals surface area contributed by atoms with E-state index in [9.17, 15) is 4.79 Å². The van der Waals surface area contributed by atoms with Crippen LogP contribution in [0, 0.1) is 6.92 Å². The number of thiocarbonyl (C=S) groups is 1. The Bertz CT molecular complexity index is 1400. The Morgan fingerprint density at radius 2 is 1.88 bits per heavy atom. The van der Waals surface area contributed by atoms with Crippen LogP contribution in [0.5, 0.6) is 0 Å². The van der Waals surface area contributed by atoms with Gasteiger partial charge < -0.3 is 9.73 Å². The maximum Gasteiger partial charge on any atom is 0.257 e. The van der Waals surface area contributed by atoms with Crippen molar-refractivity contribution in [1.82, 2.24) is 10.3 Å². The van der Waals surface area contributed by atoms with E-state index in [1.165, 1.54) is 5.56 Å². The summed E-state index contributed by atoms with van der Waals surface area (Å²) in [6, 6.07) is 16.5. The van der Waals surface area contributed by atoms with Crippen LogP contribution in [0.4, 0.5) is 5.69 Å². The van der Waals surface area contributed by atoms with Crippen LogP contribution in [0.15, 0.2) is 59.0 Å². The van der Waals surface area contributed by atoms with Crippen molar-refractivity contribution in [2.45, 2.75) is 33.1 Å². The summed E-state index contributed by atoms with van der Waals surface area (Å²) in [5, 5.41) is 6.68. The fraction of sp³-hybridized carbons (Fsp3) is 0.192. The Morgan fingerprint density at radius 1 is 1.09 bits per heavy atom. The highest BCUT2D eigenvalue weighted by Gasteiger charge is 2.14. The number of carbonyl (C=O) groups is 1. The molecule has 174 valence electrons. The largest absolute Gasteiger partial charge is 0.436 e. The predicted molar refractivity (Wildman–Crippen MR) is 143 cm³/mol. The Hall–Kier alpha value is -2.93. The molecule has 3 aromatic carbocycles. The minimum atomic E-state index is -0.372. The summed E-state index contributed by atoms with van der Waals surface area (Å²) in [5.74, 6) is 0.547. The lowest BCUT2D eigenvalue weighted by atomic mass is 9.98. The van der Waals surface area contributed by atoms with Gasteiger partial charge in [-0.3, -0.25) is 10.1 Å². The lowest BCUT2D eigenvalue weighted by Crippen LogP contribution is -2.34. The number of aryl methyl sites for hydroxylation is 1. The van der Waals surface area contributed by atoms with Gasteiger partial charge in [0.2, 0.25) is 5.89 Å². The molecule has 5 nitrogen and oxygen atoms in total. The van der Waals surface area contributed by atoms with Crippen molar-refractivity contribution in [2.24, 2.45) is 0 Å². The molecule has 0 bridgehead atoms. The highest BCUT2D eigenvalue weighted by Crippen LogP contribution is 2.32. The molecule has 1 aromatic heterocycles. The molecule has 0 aliphatic heterocycles. The quantitative estimate of drug-likeness (QED) is 0.268. The number of hydrogen-bond donors (Lipinski definition) is 2. The number of amides is 1. The Balaban J connectivity index is 1.53. The van der Waals surface area contributed by atoms with Crippen molar-refractivity contribution in [3.63, 3.8) is 0 Å². The van der Waals surface area contributed by atoms with Crippen LogP contribution in [0.25, 0.3) is 22.6 Å². The highest BCUT2D eigenvalue weighted by atomic mass is 35.5. The second-order valence-corrected chi connectivity index (χ2v) is 9.34. The molecule has 4 rings (SSSR count). The molecule has 0 saturated carbocycles. The van der Waals surface area contributed by atoms with Gasteiger partial charge >= 0.3 is 0 Å². The summed E-state index contributed by atoms with van der Waals surface area (Å²) >= 11 is 17.8. The van der Waals surface area contributed by atoms with Crippen molar-refractivity contribution in [2.75, 3.05) is 5.32 Å². The van der Waals surface area contributed by atoms with E-state index in [1.54, 1.807) is 30.3 Å². The molecule has 2 N–H and O–H groups in total. The standard InChI is InChI=1S/C26H23Cl2N3O2S/c1-4-14(2)16-8-10-23-22(12-16)29-25(33-23)18-7-9-19(27)21(13-18)30-26(34)31-24(32)17-6-5-15(3)20(28)11-17/h5-14H,4H2,1-3H3,(H2,30,31,32,34). The first-order chi connectivity index (χ1) is 16.2. The number of anilines is 1. The van der Waals surface area contributed by atoms with E-state index in [4.69, 9.17) is 39.8 Å². The topological polar surface area (TPSA) is 67.2 Å². The Kier molecular flexibility index (Phi) is 7.22. The van der Waals surface area contributed by atoms with Crippen molar-refractivity contribution in [3.05, 3.63) is 81.3 Å². The monoisotopic (exact) mass is 511 g/mol. The van der Waals surface area contributed by atoms with E-state index in [2.05, 4.69) is 41.6 Å². The summed E-state index contributed by atoms with van der Waals surface area (Å²) in [6.07, 6.45) is 1.05. The van der Waals surface area contributed by atoms with Gasteiger partial charge in [-0.1, -0.05) is 49.2 Å². The predicted octanol–water partition coefficient (Wildman–Crippen LogP) is 7.75. The molecule has 1 heterocycles. The maximum absolute atomic E-state index is 12.5. The first-order valence-electron chi connectivity index (χ1n) is 10.8. The number of aromatic nitrogens is 1. The lowest BCUT2D eigenvalue weighted by Gasteiger charge is -2.12. The van der Waals surface area contributed by atoms with Crippen LogP contribution in [0.3, 0.4) is 0 Å². The van der Waals surface area contributed by atoms with Gasteiger partial charge in [0, 0.05) is 16.1 Å². The highest BCUT2D eigenvalue weighted by molar-refractivity contribution is 7.80. The zero-order valence-corrected chi connectivity index (χ0v) is 21.2. The Morgan fingerprint density at radius 3 is 2.62 bits per heavy atom. The number of nitrogens with one attached hydrogen (secondary N) is 2. The molecule has 0 spiro atoms. The molecule has 0 saturated heterocycles. The molecular formula is C26H23Cl2N3O2S. The van der Waals surface area contributed by atoms with E-state index in [1.807, 2.05) is 19.1 Å².